The van der Waals surface area contributed by atoms with E-state index in [2.05, 4.69) is 10.1 Å². The Morgan fingerprint density at radius 3 is 2.50 bits per heavy atom. The van der Waals surface area contributed by atoms with Crippen molar-refractivity contribution >= 4 is 12.0 Å². The summed E-state index contributed by atoms with van der Waals surface area (Å²) >= 11 is 0. The molecule has 0 atom stereocenters. The summed E-state index contributed by atoms with van der Waals surface area (Å²) in [4.78, 5) is 23.8. The van der Waals surface area contributed by atoms with Gasteiger partial charge in [0, 0.05) is 20.2 Å². The van der Waals surface area contributed by atoms with Gasteiger partial charge in [-0.05, 0) is 13.8 Å². The van der Waals surface area contributed by atoms with Crippen LogP contribution in [0.15, 0.2) is 0 Å². The summed E-state index contributed by atoms with van der Waals surface area (Å²) in [6, 6.07) is -0.312. The Hall–Kier alpha value is -1.30. The number of hydrogen-bond donors (Lipinski definition) is 1. The molecule has 94 valence electrons. The Bertz CT molecular complexity index is 221. The van der Waals surface area contributed by atoms with Crippen molar-refractivity contribution in [3.63, 3.8) is 0 Å². The molecule has 1 N–H and O–H groups in total. The molecule has 0 aliphatic carbocycles. The van der Waals surface area contributed by atoms with Gasteiger partial charge < -0.3 is 19.7 Å². The first kappa shape index (κ1) is 14.7. The summed E-state index contributed by atoms with van der Waals surface area (Å²) in [7, 11) is 1.64. The van der Waals surface area contributed by atoms with Gasteiger partial charge in [-0.1, -0.05) is 0 Å². The van der Waals surface area contributed by atoms with Crippen molar-refractivity contribution in [1.29, 1.82) is 0 Å². The average Bonchev–Trinajstić information content (AvgIpc) is 2.26. The van der Waals surface area contributed by atoms with Crippen LogP contribution in [0.4, 0.5) is 4.79 Å². The minimum Gasteiger partial charge on any atom is -0.465 e. The number of amides is 2. The van der Waals surface area contributed by atoms with Crippen molar-refractivity contribution in [2.45, 2.75) is 13.8 Å². The predicted octanol–water partition coefficient (Wildman–Crippen LogP) is 0.227. The molecule has 0 saturated carbocycles. The molecule has 16 heavy (non-hydrogen) atoms. The standard InChI is InChI=1S/C10H20N2O4/c1-4-15-7-6-12(3)10(14)11-8-9(13)16-5-2/h4-8H2,1-3H3,(H,11,14). The third-order valence-corrected chi connectivity index (χ3v) is 1.81. The summed E-state index contributed by atoms with van der Waals surface area (Å²) in [5, 5.41) is 2.45. The molecule has 0 unspecified atom stereocenters. The number of rotatable bonds is 7. The van der Waals surface area contributed by atoms with E-state index < -0.39 is 5.97 Å². The Balaban J connectivity index is 3.66. The van der Waals surface area contributed by atoms with Gasteiger partial charge in [-0.15, -0.1) is 0 Å². The second-order valence-corrected chi connectivity index (χ2v) is 3.08. The highest BCUT2D eigenvalue weighted by molar-refractivity contribution is 5.80. The first-order chi connectivity index (χ1) is 7.61. The van der Waals surface area contributed by atoms with Crippen LogP contribution in [0.3, 0.4) is 0 Å². The quantitative estimate of drug-likeness (QED) is 0.504. The van der Waals surface area contributed by atoms with Gasteiger partial charge in [-0.3, -0.25) is 4.79 Å². The number of carbonyl (C=O) groups is 2. The van der Waals surface area contributed by atoms with Crippen LogP contribution >= 0.6 is 0 Å². The molecule has 0 aromatic rings. The largest absolute Gasteiger partial charge is 0.465 e. The van der Waals surface area contributed by atoms with Crippen molar-refractivity contribution in [3.8, 4) is 0 Å². The van der Waals surface area contributed by atoms with E-state index in [0.717, 1.165) is 0 Å². The van der Waals surface area contributed by atoms with Crippen LogP contribution in [-0.4, -0.2) is 56.9 Å². The molecule has 0 bridgehead atoms. The SMILES string of the molecule is CCOCCN(C)C(=O)NCC(=O)OCC. The third kappa shape index (κ3) is 7.05. The number of ether oxygens (including phenoxy) is 2. The Morgan fingerprint density at radius 2 is 1.94 bits per heavy atom. The molecule has 0 radical (unpaired) electrons. The molecule has 0 aliphatic heterocycles. The van der Waals surface area contributed by atoms with Gasteiger partial charge in [-0.25, -0.2) is 4.79 Å². The lowest BCUT2D eigenvalue weighted by Crippen LogP contribution is -2.41. The Labute approximate surface area is 95.9 Å². The number of nitrogens with one attached hydrogen (secondary N) is 1. The van der Waals surface area contributed by atoms with Gasteiger partial charge in [-0.2, -0.15) is 0 Å². The smallest absolute Gasteiger partial charge is 0.325 e. The van der Waals surface area contributed by atoms with E-state index in [0.29, 0.717) is 26.4 Å². The zero-order chi connectivity index (χ0) is 12.4. The Morgan fingerprint density at radius 1 is 1.25 bits per heavy atom. The van der Waals surface area contributed by atoms with E-state index in [1.807, 2.05) is 6.92 Å². The number of carbonyl (C=O) groups excluding carboxylic acids is 2. The molecule has 6 heteroatoms. The number of esters is 1. The topological polar surface area (TPSA) is 67.9 Å². The molecular formula is C10H20N2O4. The monoisotopic (exact) mass is 232 g/mol. The lowest BCUT2D eigenvalue weighted by molar-refractivity contribution is -0.141. The van der Waals surface area contributed by atoms with Crippen LogP contribution in [0.25, 0.3) is 0 Å². The van der Waals surface area contributed by atoms with Crippen LogP contribution in [0.1, 0.15) is 13.8 Å². The van der Waals surface area contributed by atoms with E-state index in [1.165, 1.54) is 4.90 Å². The molecule has 0 heterocycles. The minimum absolute atomic E-state index is 0.106. The first-order valence-electron chi connectivity index (χ1n) is 5.34. The van der Waals surface area contributed by atoms with Crippen molar-refractivity contribution in [2.75, 3.05) is 40.0 Å². The van der Waals surface area contributed by atoms with Crippen molar-refractivity contribution in [2.24, 2.45) is 0 Å². The second-order valence-electron chi connectivity index (χ2n) is 3.08. The third-order valence-electron chi connectivity index (χ3n) is 1.81. The molecule has 0 aromatic carbocycles. The molecule has 0 aromatic heterocycles. The summed E-state index contributed by atoms with van der Waals surface area (Å²) < 4.78 is 9.78. The summed E-state index contributed by atoms with van der Waals surface area (Å²) in [6.07, 6.45) is 0. The molecule has 0 saturated heterocycles. The molecule has 6 nitrogen and oxygen atoms in total. The molecule has 2 amide bonds. The van der Waals surface area contributed by atoms with Gasteiger partial charge in [0.1, 0.15) is 6.54 Å². The summed E-state index contributed by atoms with van der Waals surface area (Å²) in [6.45, 7) is 5.41. The van der Waals surface area contributed by atoms with Gasteiger partial charge in [0.2, 0.25) is 0 Å². The lowest BCUT2D eigenvalue weighted by atomic mass is 10.5. The van der Waals surface area contributed by atoms with Crippen molar-refractivity contribution < 1.29 is 19.1 Å². The summed E-state index contributed by atoms with van der Waals surface area (Å²) in [5.74, 6) is -0.436. The van der Waals surface area contributed by atoms with Crippen LogP contribution in [0.2, 0.25) is 0 Å². The normalized spacial score (nSPS) is 9.69. The van der Waals surface area contributed by atoms with Gasteiger partial charge in [0.05, 0.1) is 13.2 Å². The van der Waals surface area contributed by atoms with Crippen molar-refractivity contribution in [1.82, 2.24) is 10.2 Å². The van der Waals surface area contributed by atoms with E-state index in [9.17, 15) is 9.59 Å². The summed E-state index contributed by atoms with van der Waals surface area (Å²) in [5.41, 5.74) is 0. The fraction of sp³-hybridized carbons (Fsp3) is 0.800. The molecule has 0 spiro atoms. The average molecular weight is 232 g/mol. The van der Waals surface area contributed by atoms with E-state index in [-0.39, 0.29) is 12.6 Å². The zero-order valence-corrected chi connectivity index (χ0v) is 10.1. The maximum Gasteiger partial charge on any atom is 0.325 e. The fourth-order valence-electron chi connectivity index (χ4n) is 0.942. The Kier molecular flexibility index (Phi) is 8.24. The van der Waals surface area contributed by atoms with Gasteiger partial charge in [0.25, 0.3) is 0 Å². The number of urea groups is 1. The number of hydrogen-bond acceptors (Lipinski definition) is 4. The highest BCUT2D eigenvalue weighted by Gasteiger charge is 2.09. The van der Waals surface area contributed by atoms with Crippen LogP contribution in [-0.2, 0) is 14.3 Å². The first-order valence-corrected chi connectivity index (χ1v) is 5.34. The minimum atomic E-state index is -0.436. The predicted molar refractivity (Wildman–Crippen MR) is 59.2 cm³/mol. The van der Waals surface area contributed by atoms with Gasteiger partial charge in [0.15, 0.2) is 0 Å². The second kappa shape index (κ2) is 8.96. The molecular weight excluding hydrogens is 212 g/mol. The van der Waals surface area contributed by atoms with Crippen LogP contribution < -0.4 is 5.32 Å². The van der Waals surface area contributed by atoms with Crippen molar-refractivity contribution in [3.05, 3.63) is 0 Å². The van der Waals surface area contributed by atoms with E-state index >= 15 is 0 Å². The molecule has 0 fully saturated rings. The maximum atomic E-state index is 11.4. The highest BCUT2D eigenvalue weighted by atomic mass is 16.5. The number of nitrogens with zero attached hydrogens (tertiary/aromatic N) is 1. The zero-order valence-electron chi connectivity index (χ0n) is 10.1. The molecule has 0 rings (SSSR count). The molecule has 0 aliphatic rings. The highest BCUT2D eigenvalue weighted by Crippen LogP contribution is 1.86. The van der Waals surface area contributed by atoms with E-state index in [1.54, 1.807) is 14.0 Å². The lowest BCUT2D eigenvalue weighted by Gasteiger charge is -2.17. The maximum absolute atomic E-state index is 11.4. The number of likely N-dealkylation sites (N-methyl/N-ethyl adjacent to an activating group) is 1. The van der Waals surface area contributed by atoms with Crippen LogP contribution in [0, 0.1) is 0 Å². The van der Waals surface area contributed by atoms with Crippen LogP contribution in [0.5, 0.6) is 0 Å². The fourth-order valence-corrected chi connectivity index (χ4v) is 0.942. The van der Waals surface area contributed by atoms with E-state index in [4.69, 9.17) is 4.74 Å². The van der Waals surface area contributed by atoms with Gasteiger partial charge >= 0.3 is 12.0 Å².